The van der Waals surface area contributed by atoms with Crippen LogP contribution in [-0.4, -0.2) is 0 Å². The maximum absolute atomic E-state index is 7.22. The average molecular weight is 433 g/mol. The average Bonchev–Trinajstić information content (AvgIpc) is 3.18. The Morgan fingerprint density at radius 3 is 1.62 bits per heavy atom. The normalized spacial score (nSPS) is 14.4. The third-order valence-electron chi connectivity index (χ3n) is 7.62. The van der Waals surface area contributed by atoms with Crippen LogP contribution in [0.1, 0.15) is 16.7 Å². The van der Waals surface area contributed by atoms with Gasteiger partial charge in [-0.15, -0.1) is 0 Å². The van der Waals surface area contributed by atoms with Gasteiger partial charge in [0, 0.05) is 27.8 Å². The zero-order valence-electron chi connectivity index (χ0n) is 18.5. The molecule has 0 unspecified atom stereocenters. The SMILES string of the molecule is c1ccc2c(c1)-c1ccccc1C21Oc2ccc3ccccc3c2-c2c1ccc1ccccc21. The van der Waals surface area contributed by atoms with Gasteiger partial charge in [-0.2, -0.15) is 0 Å². The third kappa shape index (κ3) is 2.10. The molecule has 2 aliphatic rings. The molecular formula is C33H20O. The van der Waals surface area contributed by atoms with Crippen molar-refractivity contribution in [1.82, 2.24) is 0 Å². The van der Waals surface area contributed by atoms with Crippen LogP contribution < -0.4 is 4.74 Å². The van der Waals surface area contributed by atoms with Gasteiger partial charge in [-0.3, -0.25) is 0 Å². The van der Waals surface area contributed by atoms with Crippen LogP contribution in [0.3, 0.4) is 0 Å². The van der Waals surface area contributed by atoms with Gasteiger partial charge >= 0.3 is 0 Å². The topological polar surface area (TPSA) is 9.23 Å². The standard InChI is InChI=1S/C33H20O/c1-3-11-23-21(9-1)17-19-29-31(23)32-24-12-4-2-10-22(24)18-20-30(32)34-33(29)27-15-7-5-13-25(27)26-14-6-8-16-28(26)33/h1-20H. The molecule has 1 aliphatic carbocycles. The molecule has 0 radical (unpaired) electrons. The van der Waals surface area contributed by atoms with Crippen LogP contribution in [-0.2, 0) is 5.60 Å². The van der Waals surface area contributed by atoms with Gasteiger partial charge in [0.1, 0.15) is 5.75 Å². The largest absolute Gasteiger partial charge is 0.472 e. The molecule has 0 N–H and O–H groups in total. The molecule has 1 nitrogen and oxygen atoms in total. The molecule has 34 heavy (non-hydrogen) atoms. The summed E-state index contributed by atoms with van der Waals surface area (Å²) in [4.78, 5) is 0. The molecule has 158 valence electrons. The first-order valence-electron chi connectivity index (χ1n) is 11.8. The van der Waals surface area contributed by atoms with Crippen LogP contribution in [0.5, 0.6) is 5.75 Å². The minimum absolute atomic E-state index is 0.679. The van der Waals surface area contributed by atoms with Gasteiger partial charge < -0.3 is 4.74 Å². The Labute approximate surface area is 197 Å². The lowest BCUT2D eigenvalue weighted by atomic mass is 9.75. The Bertz CT molecular complexity index is 1750. The van der Waals surface area contributed by atoms with E-state index in [0.717, 1.165) is 5.75 Å². The van der Waals surface area contributed by atoms with E-state index in [-0.39, 0.29) is 0 Å². The highest BCUT2D eigenvalue weighted by Gasteiger charge is 2.51. The van der Waals surface area contributed by atoms with Gasteiger partial charge in [-0.05, 0) is 38.7 Å². The van der Waals surface area contributed by atoms with Crippen molar-refractivity contribution in [2.24, 2.45) is 0 Å². The molecule has 0 saturated heterocycles. The summed E-state index contributed by atoms with van der Waals surface area (Å²) in [5, 5.41) is 4.97. The first-order chi connectivity index (χ1) is 16.9. The van der Waals surface area contributed by atoms with Crippen LogP contribution in [0.2, 0.25) is 0 Å². The van der Waals surface area contributed by atoms with Gasteiger partial charge in [-0.25, -0.2) is 0 Å². The summed E-state index contributed by atoms with van der Waals surface area (Å²) in [5.74, 6) is 0.939. The van der Waals surface area contributed by atoms with Crippen molar-refractivity contribution >= 4 is 21.5 Å². The molecule has 1 heterocycles. The summed E-state index contributed by atoms with van der Waals surface area (Å²) in [5.41, 5.74) is 7.94. The highest BCUT2D eigenvalue weighted by Crippen LogP contribution is 2.60. The zero-order chi connectivity index (χ0) is 22.3. The highest BCUT2D eigenvalue weighted by atomic mass is 16.5. The lowest BCUT2D eigenvalue weighted by Crippen LogP contribution is -2.37. The van der Waals surface area contributed by atoms with E-state index in [2.05, 4.69) is 121 Å². The monoisotopic (exact) mass is 432 g/mol. The predicted molar refractivity (Wildman–Crippen MR) is 139 cm³/mol. The molecule has 1 heteroatoms. The molecule has 0 saturated carbocycles. The maximum atomic E-state index is 7.22. The number of fused-ring (bicyclic) bond motifs is 13. The van der Waals surface area contributed by atoms with Crippen molar-refractivity contribution in [3.8, 4) is 28.0 Å². The first kappa shape index (κ1) is 18.1. The van der Waals surface area contributed by atoms with Crippen LogP contribution in [0.25, 0.3) is 43.8 Å². The number of rotatable bonds is 0. The van der Waals surface area contributed by atoms with Gasteiger partial charge in [0.05, 0.1) is 0 Å². The Morgan fingerprint density at radius 1 is 0.412 bits per heavy atom. The molecule has 1 aliphatic heterocycles. The third-order valence-corrected chi connectivity index (χ3v) is 7.62. The van der Waals surface area contributed by atoms with E-state index < -0.39 is 5.60 Å². The van der Waals surface area contributed by atoms with Gasteiger partial charge in [0.15, 0.2) is 5.60 Å². The van der Waals surface area contributed by atoms with E-state index in [1.54, 1.807) is 0 Å². The quantitative estimate of drug-likeness (QED) is 0.234. The number of hydrogen-bond acceptors (Lipinski definition) is 1. The predicted octanol–water partition coefficient (Wildman–Crippen LogP) is 8.32. The van der Waals surface area contributed by atoms with Crippen LogP contribution in [0.4, 0.5) is 0 Å². The van der Waals surface area contributed by atoms with E-state index in [4.69, 9.17) is 4.74 Å². The molecule has 0 aromatic heterocycles. The number of benzene rings is 6. The fourth-order valence-electron chi connectivity index (χ4n) is 6.24. The van der Waals surface area contributed by atoms with Crippen molar-refractivity contribution in [2.45, 2.75) is 5.60 Å². The van der Waals surface area contributed by atoms with Gasteiger partial charge in [0.25, 0.3) is 0 Å². The lowest BCUT2D eigenvalue weighted by Gasteiger charge is -2.40. The summed E-state index contributed by atoms with van der Waals surface area (Å²) >= 11 is 0. The lowest BCUT2D eigenvalue weighted by molar-refractivity contribution is 0.157. The molecule has 8 rings (SSSR count). The maximum Gasteiger partial charge on any atom is 0.186 e. The van der Waals surface area contributed by atoms with E-state index in [1.807, 2.05) is 0 Å². The summed E-state index contributed by atoms with van der Waals surface area (Å²) in [6.45, 7) is 0. The fourth-order valence-corrected chi connectivity index (χ4v) is 6.24. The van der Waals surface area contributed by atoms with E-state index in [9.17, 15) is 0 Å². The van der Waals surface area contributed by atoms with E-state index in [1.165, 1.54) is 60.5 Å². The molecule has 0 bridgehead atoms. The van der Waals surface area contributed by atoms with Crippen molar-refractivity contribution in [2.75, 3.05) is 0 Å². The molecule has 1 spiro atoms. The Kier molecular flexibility index (Phi) is 3.39. The summed E-state index contributed by atoms with van der Waals surface area (Å²) in [6, 6.07) is 43.7. The summed E-state index contributed by atoms with van der Waals surface area (Å²) < 4.78 is 7.22. The second-order valence-electron chi connectivity index (χ2n) is 9.24. The highest BCUT2D eigenvalue weighted by molar-refractivity contribution is 6.10. The Morgan fingerprint density at radius 2 is 0.941 bits per heavy atom. The summed E-state index contributed by atoms with van der Waals surface area (Å²) in [7, 11) is 0. The minimum atomic E-state index is -0.679. The minimum Gasteiger partial charge on any atom is -0.472 e. The van der Waals surface area contributed by atoms with Crippen LogP contribution in [0.15, 0.2) is 121 Å². The molecule has 6 aromatic rings. The van der Waals surface area contributed by atoms with E-state index in [0.29, 0.717) is 0 Å². The van der Waals surface area contributed by atoms with Crippen molar-refractivity contribution in [3.63, 3.8) is 0 Å². The smallest absolute Gasteiger partial charge is 0.186 e. The Balaban J connectivity index is 1.61. The van der Waals surface area contributed by atoms with Crippen LogP contribution in [0, 0.1) is 0 Å². The number of hydrogen-bond donors (Lipinski definition) is 0. The summed E-state index contributed by atoms with van der Waals surface area (Å²) in [6.07, 6.45) is 0. The van der Waals surface area contributed by atoms with Gasteiger partial charge in [0.2, 0.25) is 0 Å². The second kappa shape index (κ2) is 6.36. The van der Waals surface area contributed by atoms with E-state index >= 15 is 0 Å². The molecule has 6 aromatic carbocycles. The first-order valence-corrected chi connectivity index (χ1v) is 11.8. The number of ether oxygens (including phenoxy) is 1. The molecule has 0 amide bonds. The zero-order valence-corrected chi connectivity index (χ0v) is 18.5. The Hall–Kier alpha value is -4.36. The van der Waals surface area contributed by atoms with Crippen molar-refractivity contribution in [3.05, 3.63) is 138 Å². The molecule has 0 fully saturated rings. The van der Waals surface area contributed by atoms with Crippen molar-refractivity contribution < 1.29 is 4.74 Å². The molecular weight excluding hydrogens is 412 g/mol. The second-order valence-corrected chi connectivity index (χ2v) is 9.24. The van der Waals surface area contributed by atoms with Crippen molar-refractivity contribution in [1.29, 1.82) is 0 Å². The van der Waals surface area contributed by atoms with Gasteiger partial charge in [-0.1, -0.05) is 115 Å². The van der Waals surface area contributed by atoms with Crippen LogP contribution >= 0.6 is 0 Å². The fraction of sp³-hybridized carbons (Fsp3) is 0.0303. The molecule has 0 atom stereocenters.